The quantitative estimate of drug-likeness (QED) is 0.777. The summed E-state index contributed by atoms with van der Waals surface area (Å²) in [7, 11) is -3.19. The van der Waals surface area contributed by atoms with Crippen molar-refractivity contribution in [3.8, 4) is 0 Å². The number of benzene rings is 1. The number of carbonyl (C=O) groups excluding carboxylic acids is 1. The zero-order valence-electron chi connectivity index (χ0n) is 9.71. The van der Waals surface area contributed by atoms with Gasteiger partial charge in [0.2, 0.25) is 0 Å². The molecule has 0 bridgehead atoms. The second-order valence-corrected chi connectivity index (χ2v) is 4.62. The van der Waals surface area contributed by atoms with Gasteiger partial charge >= 0.3 is 8.25 Å². The molecule has 0 aromatic heterocycles. The summed E-state index contributed by atoms with van der Waals surface area (Å²) in [5.74, 6) is -0.370. The normalized spacial score (nSPS) is 16.2. The lowest BCUT2D eigenvalue weighted by Crippen LogP contribution is -2.33. The highest BCUT2D eigenvalue weighted by molar-refractivity contribution is 7.32. The average molecular weight is 257 g/mol. The van der Waals surface area contributed by atoms with Crippen molar-refractivity contribution in [3.05, 3.63) is 35.4 Å². The van der Waals surface area contributed by atoms with Crippen LogP contribution in [0.3, 0.4) is 0 Å². The molecule has 0 heterocycles. The topological polar surface area (TPSA) is 89.6 Å². The second-order valence-electron chi connectivity index (χ2n) is 3.85. The molecule has 0 aliphatic carbocycles. The van der Waals surface area contributed by atoms with Gasteiger partial charge in [-0.15, -0.1) is 0 Å². The third kappa shape index (κ3) is 4.06. The van der Waals surface area contributed by atoms with Crippen molar-refractivity contribution in [2.75, 3.05) is 0 Å². The Hall–Kier alpha value is -1.00. The highest BCUT2D eigenvalue weighted by atomic mass is 31.1. The molecule has 3 atom stereocenters. The molecule has 0 amide bonds. The predicted molar refractivity (Wildman–Crippen MR) is 64.9 cm³/mol. The van der Waals surface area contributed by atoms with E-state index in [1.54, 1.807) is 12.1 Å². The maximum Gasteiger partial charge on any atom is 0.317 e. The van der Waals surface area contributed by atoms with Crippen molar-refractivity contribution in [2.24, 2.45) is 5.73 Å². The molecule has 0 saturated heterocycles. The van der Waals surface area contributed by atoms with E-state index >= 15 is 0 Å². The Bertz CT molecular complexity index is 418. The van der Waals surface area contributed by atoms with E-state index in [1.165, 1.54) is 6.92 Å². The number of Topliss-reactive ketones (excluding diaryl/α,β-unsaturated/α-hetero) is 1. The highest BCUT2D eigenvalue weighted by Crippen LogP contribution is 2.26. The SMILES string of the molecule is CC(=O)C(O[PH](=O)O)C(N)c1ccc(C)cc1. The van der Waals surface area contributed by atoms with Crippen molar-refractivity contribution < 1.29 is 18.8 Å². The molecule has 0 radical (unpaired) electrons. The van der Waals surface area contributed by atoms with Crippen LogP contribution in [0.15, 0.2) is 24.3 Å². The Morgan fingerprint density at radius 3 is 2.35 bits per heavy atom. The van der Waals surface area contributed by atoms with Crippen LogP contribution in [-0.2, 0) is 13.9 Å². The van der Waals surface area contributed by atoms with Gasteiger partial charge in [-0.3, -0.25) is 13.9 Å². The molecular formula is C11H16NO4P. The van der Waals surface area contributed by atoms with Crippen LogP contribution in [0.4, 0.5) is 0 Å². The zero-order chi connectivity index (χ0) is 13.0. The smallest absolute Gasteiger partial charge is 0.317 e. The summed E-state index contributed by atoms with van der Waals surface area (Å²) in [5, 5.41) is 0. The molecule has 3 N–H and O–H groups in total. The fourth-order valence-corrected chi connectivity index (χ4v) is 2.01. The predicted octanol–water partition coefficient (Wildman–Crippen LogP) is 1.35. The van der Waals surface area contributed by atoms with E-state index in [1.807, 2.05) is 19.1 Å². The van der Waals surface area contributed by atoms with Gasteiger partial charge in [0.25, 0.3) is 0 Å². The van der Waals surface area contributed by atoms with Crippen LogP contribution in [0.1, 0.15) is 24.1 Å². The van der Waals surface area contributed by atoms with Crippen molar-refractivity contribution in [2.45, 2.75) is 26.0 Å². The Morgan fingerprint density at radius 2 is 1.94 bits per heavy atom. The van der Waals surface area contributed by atoms with E-state index in [-0.39, 0.29) is 5.78 Å². The number of aryl methyl sites for hydroxylation is 1. The summed E-state index contributed by atoms with van der Waals surface area (Å²) in [6.45, 7) is 3.21. The fraction of sp³-hybridized carbons (Fsp3) is 0.364. The lowest BCUT2D eigenvalue weighted by molar-refractivity contribution is -0.124. The van der Waals surface area contributed by atoms with Gasteiger partial charge in [0.05, 0.1) is 6.04 Å². The van der Waals surface area contributed by atoms with Crippen molar-refractivity contribution in [1.29, 1.82) is 0 Å². The Kier molecular flexibility index (Phi) is 5.02. The van der Waals surface area contributed by atoms with Crippen LogP contribution in [0.2, 0.25) is 0 Å². The molecule has 1 rings (SSSR count). The third-order valence-electron chi connectivity index (χ3n) is 2.42. The molecule has 1 aromatic rings. The Labute approximate surface area is 101 Å². The minimum atomic E-state index is -3.19. The molecule has 5 nitrogen and oxygen atoms in total. The van der Waals surface area contributed by atoms with Gasteiger partial charge in [-0.1, -0.05) is 29.8 Å². The Morgan fingerprint density at radius 1 is 1.41 bits per heavy atom. The van der Waals surface area contributed by atoms with Crippen LogP contribution in [0, 0.1) is 6.92 Å². The van der Waals surface area contributed by atoms with Gasteiger partial charge in [0, 0.05) is 0 Å². The standard InChI is InChI=1S/C11H16NO4P/c1-7-3-5-9(6-4-7)10(12)11(8(2)13)16-17(14)15/h3-6,10-11,17H,12H2,1-2H3,(H,14,15). The monoisotopic (exact) mass is 257 g/mol. The first-order chi connectivity index (χ1) is 7.91. The third-order valence-corrected chi connectivity index (χ3v) is 2.87. The lowest BCUT2D eigenvalue weighted by atomic mass is 9.99. The summed E-state index contributed by atoms with van der Waals surface area (Å²) in [5.41, 5.74) is 7.62. The number of hydrogen-bond acceptors (Lipinski definition) is 4. The molecule has 0 saturated carbocycles. The first-order valence-electron chi connectivity index (χ1n) is 5.14. The Balaban J connectivity index is 2.91. The van der Waals surface area contributed by atoms with Gasteiger partial charge in [0.15, 0.2) is 5.78 Å². The van der Waals surface area contributed by atoms with Crippen molar-refractivity contribution >= 4 is 14.0 Å². The number of ketones is 1. The van der Waals surface area contributed by atoms with Gasteiger partial charge < -0.3 is 10.6 Å². The first-order valence-corrected chi connectivity index (χ1v) is 6.40. The number of rotatable bonds is 5. The molecular weight excluding hydrogens is 241 g/mol. The fourth-order valence-electron chi connectivity index (χ4n) is 1.48. The van der Waals surface area contributed by atoms with E-state index in [4.69, 9.17) is 10.6 Å². The largest absolute Gasteiger partial charge is 0.326 e. The maximum absolute atomic E-state index is 11.3. The zero-order valence-corrected chi connectivity index (χ0v) is 10.7. The molecule has 0 aliphatic heterocycles. The van der Waals surface area contributed by atoms with Crippen LogP contribution < -0.4 is 5.73 Å². The average Bonchev–Trinajstić information content (AvgIpc) is 2.25. The van der Waals surface area contributed by atoms with E-state index in [2.05, 4.69) is 4.52 Å². The number of carbonyl (C=O) groups is 1. The van der Waals surface area contributed by atoms with Crippen LogP contribution in [0.25, 0.3) is 0 Å². The highest BCUT2D eigenvalue weighted by Gasteiger charge is 2.26. The van der Waals surface area contributed by atoms with Gasteiger partial charge in [0.1, 0.15) is 6.10 Å². The summed E-state index contributed by atoms with van der Waals surface area (Å²) < 4.78 is 15.3. The van der Waals surface area contributed by atoms with Crippen molar-refractivity contribution in [1.82, 2.24) is 0 Å². The molecule has 1 aromatic carbocycles. The second kappa shape index (κ2) is 6.07. The van der Waals surface area contributed by atoms with E-state index in [0.29, 0.717) is 5.56 Å². The summed E-state index contributed by atoms with van der Waals surface area (Å²) in [6, 6.07) is 6.51. The van der Waals surface area contributed by atoms with E-state index < -0.39 is 20.4 Å². The first kappa shape index (κ1) is 14.1. The minimum absolute atomic E-state index is 0.370. The van der Waals surface area contributed by atoms with Gasteiger partial charge in [-0.2, -0.15) is 0 Å². The molecule has 3 unspecified atom stereocenters. The van der Waals surface area contributed by atoms with Crippen LogP contribution in [-0.4, -0.2) is 16.8 Å². The summed E-state index contributed by atoms with van der Waals surface area (Å²) in [6.07, 6.45) is -1.09. The molecule has 0 aliphatic rings. The van der Waals surface area contributed by atoms with Crippen LogP contribution in [0.5, 0.6) is 0 Å². The molecule has 0 spiro atoms. The molecule has 0 fully saturated rings. The van der Waals surface area contributed by atoms with Crippen molar-refractivity contribution in [3.63, 3.8) is 0 Å². The van der Waals surface area contributed by atoms with Gasteiger partial charge in [-0.25, -0.2) is 0 Å². The van der Waals surface area contributed by atoms with Crippen LogP contribution >= 0.6 is 8.25 Å². The van der Waals surface area contributed by atoms with Gasteiger partial charge in [-0.05, 0) is 19.4 Å². The minimum Gasteiger partial charge on any atom is -0.326 e. The van der Waals surface area contributed by atoms with E-state index in [9.17, 15) is 9.36 Å². The number of hydrogen-bond donors (Lipinski definition) is 2. The number of nitrogens with two attached hydrogens (primary N) is 1. The maximum atomic E-state index is 11.3. The molecule has 17 heavy (non-hydrogen) atoms. The summed E-state index contributed by atoms with van der Waals surface area (Å²) in [4.78, 5) is 20.1. The van der Waals surface area contributed by atoms with E-state index in [0.717, 1.165) is 5.56 Å². The molecule has 6 heteroatoms. The lowest BCUT2D eigenvalue weighted by Gasteiger charge is -2.20. The molecule has 94 valence electrons. The summed E-state index contributed by atoms with van der Waals surface area (Å²) >= 11 is 0.